The van der Waals surface area contributed by atoms with Crippen molar-refractivity contribution in [3.8, 4) is 0 Å². The molecule has 0 fully saturated rings. The van der Waals surface area contributed by atoms with E-state index in [2.05, 4.69) is 53.7 Å². The van der Waals surface area contributed by atoms with Crippen LogP contribution in [0.4, 0.5) is 5.69 Å². The van der Waals surface area contributed by atoms with E-state index < -0.39 is 0 Å². The smallest absolute Gasteiger partial charge is 0.0314 e. The second-order valence-corrected chi connectivity index (χ2v) is 6.79. The molecule has 1 aromatic rings. The number of nitrogen functional groups attached to an aromatic ring is 1. The monoisotopic (exact) mass is 247 g/mol. The molecule has 0 aliphatic rings. The van der Waals surface area contributed by atoms with Crippen molar-refractivity contribution in [1.82, 2.24) is 0 Å². The van der Waals surface area contributed by atoms with Gasteiger partial charge in [0.25, 0.3) is 0 Å². The first-order valence-electron chi connectivity index (χ1n) is 7.09. The highest BCUT2D eigenvalue weighted by Gasteiger charge is 2.41. The van der Waals surface area contributed by atoms with Gasteiger partial charge >= 0.3 is 0 Å². The van der Waals surface area contributed by atoms with E-state index in [1.54, 1.807) is 0 Å². The van der Waals surface area contributed by atoms with Crippen molar-refractivity contribution in [3.05, 3.63) is 29.8 Å². The molecule has 1 heteroatoms. The fourth-order valence-electron chi connectivity index (χ4n) is 2.84. The zero-order valence-electron chi connectivity index (χ0n) is 12.9. The first-order valence-corrected chi connectivity index (χ1v) is 7.09. The van der Waals surface area contributed by atoms with Gasteiger partial charge in [0.15, 0.2) is 0 Å². The second kappa shape index (κ2) is 5.34. The van der Waals surface area contributed by atoms with Gasteiger partial charge in [-0.25, -0.2) is 0 Å². The highest BCUT2D eigenvalue weighted by molar-refractivity contribution is 5.42. The van der Waals surface area contributed by atoms with Gasteiger partial charge in [-0.1, -0.05) is 60.1 Å². The van der Waals surface area contributed by atoms with Crippen LogP contribution in [0, 0.1) is 11.3 Å². The molecule has 1 aromatic carbocycles. The van der Waals surface area contributed by atoms with Crippen LogP contribution < -0.4 is 5.73 Å². The molecule has 0 saturated heterocycles. The van der Waals surface area contributed by atoms with Crippen LogP contribution in [0.15, 0.2) is 24.3 Å². The third kappa shape index (κ3) is 2.88. The summed E-state index contributed by atoms with van der Waals surface area (Å²) < 4.78 is 0. The van der Waals surface area contributed by atoms with E-state index in [0.717, 1.165) is 5.69 Å². The van der Waals surface area contributed by atoms with Crippen molar-refractivity contribution in [2.24, 2.45) is 11.3 Å². The quantitative estimate of drug-likeness (QED) is 0.727. The van der Waals surface area contributed by atoms with Crippen molar-refractivity contribution in [1.29, 1.82) is 0 Å². The Morgan fingerprint density at radius 2 is 1.56 bits per heavy atom. The molecular formula is C17H29N. The SMILES string of the molecule is CCC(C)(C)C(C)(CC(C)C)c1ccc(N)cc1. The minimum Gasteiger partial charge on any atom is -0.399 e. The molecule has 0 heterocycles. The molecule has 1 atom stereocenters. The summed E-state index contributed by atoms with van der Waals surface area (Å²) in [5.41, 5.74) is 8.56. The maximum absolute atomic E-state index is 5.81. The minimum absolute atomic E-state index is 0.198. The molecule has 0 aliphatic heterocycles. The van der Waals surface area contributed by atoms with Gasteiger partial charge in [-0.05, 0) is 40.9 Å². The Hall–Kier alpha value is -0.980. The summed E-state index contributed by atoms with van der Waals surface area (Å²) in [6.45, 7) is 14.1. The van der Waals surface area contributed by atoms with Gasteiger partial charge in [0.1, 0.15) is 0 Å². The molecule has 0 aliphatic carbocycles. The molecule has 0 bridgehead atoms. The lowest BCUT2D eigenvalue weighted by Crippen LogP contribution is -2.40. The molecule has 0 amide bonds. The van der Waals surface area contributed by atoms with E-state index in [9.17, 15) is 0 Å². The summed E-state index contributed by atoms with van der Waals surface area (Å²) in [5.74, 6) is 0.693. The summed E-state index contributed by atoms with van der Waals surface area (Å²) in [6, 6.07) is 8.46. The van der Waals surface area contributed by atoms with Gasteiger partial charge in [-0.3, -0.25) is 0 Å². The Kier molecular flexibility index (Phi) is 4.47. The Balaban J connectivity index is 3.24. The zero-order chi connectivity index (χ0) is 14.0. The van der Waals surface area contributed by atoms with E-state index in [-0.39, 0.29) is 10.8 Å². The zero-order valence-corrected chi connectivity index (χ0v) is 12.9. The molecule has 0 aromatic heterocycles. The number of rotatable bonds is 5. The standard InChI is InChI=1S/C17H29N/c1-7-16(4,5)17(6,12-13(2)3)14-8-10-15(18)11-9-14/h8-11,13H,7,12,18H2,1-6H3. The van der Waals surface area contributed by atoms with E-state index in [1.165, 1.54) is 18.4 Å². The van der Waals surface area contributed by atoms with Crippen LogP contribution in [-0.2, 0) is 5.41 Å². The molecule has 102 valence electrons. The first-order chi connectivity index (χ1) is 8.23. The fraction of sp³-hybridized carbons (Fsp3) is 0.647. The molecule has 18 heavy (non-hydrogen) atoms. The lowest BCUT2D eigenvalue weighted by molar-refractivity contribution is 0.141. The van der Waals surface area contributed by atoms with Crippen LogP contribution in [0.1, 0.15) is 59.9 Å². The largest absolute Gasteiger partial charge is 0.399 e. The topological polar surface area (TPSA) is 26.0 Å². The number of anilines is 1. The number of benzene rings is 1. The second-order valence-electron chi connectivity index (χ2n) is 6.79. The summed E-state index contributed by atoms with van der Waals surface area (Å²) >= 11 is 0. The normalized spacial score (nSPS) is 15.7. The van der Waals surface area contributed by atoms with Crippen LogP contribution in [0.3, 0.4) is 0 Å². The van der Waals surface area contributed by atoms with Gasteiger partial charge in [0, 0.05) is 5.69 Å². The van der Waals surface area contributed by atoms with Crippen LogP contribution >= 0.6 is 0 Å². The predicted octanol–water partition coefficient (Wildman–Crippen LogP) is 5.01. The van der Waals surface area contributed by atoms with Crippen LogP contribution in [0.5, 0.6) is 0 Å². The highest BCUT2D eigenvalue weighted by atomic mass is 14.5. The van der Waals surface area contributed by atoms with E-state index in [0.29, 0.717) is 5.92 Å². The molecule has 0 spiro atoms. The Morgan fingerprint density at radius 1 is 1.06 bits per heavy atom. The molecular weight excluding hydrogens is 218 g/mol. The summed E-state index contributed by atoms with van der Waals surface area (Å²) in [4.78, 5) is 0. The number of hydrogen-bond donors (Lipinski definition) is 1. The Bertz CT molecular complexity index is 375. The summed E-state index contributed by atoms with van der Waals surface area (Å²) in [6.07, 6.45) is 2.39. The van der Waals surface area contributed by atoms with Gasteiger partial charge < -0.3 is 5.73 Å². The Morgan fingerprint density at radius 3 is 1.94 bits per heavy atom. The van der Waals surface area contributed by atoms with Crippen LogP contribution in [0.2, 0.25) is 0 Å². The lowest BCUT2D eigenvalue weighted by atomic mass is 9.58. The van der Waals surface area contributed by atoms with Gasteiger partial charge in [-0.15, -0.1) is 0 Å². The average molecular weight is 247 g/mol. The summed E-state index contributed by atoms with van der Waals surface area (Å²) in [5, 5.41) is 0. The molecule has 1 nitrogen and oxygen atoms in total. The fourth-order valence-corrected chi connectivity index (χ4v) is 2.84. The number of nitrogens with two attached hydrogens (primary N) is 1. The highest BCUT2D eigenvalue weighted by Crippen LogP contribution is 2.48. The lowest BCUT2D eigenvalue weighted by Gasteiger charge is -2.46. The summed E-state index contributed by atoms with van der Waals surface area (Å²) in [7, 11) is 0. The van der Waals surface area contributed by atoms with Crippen molar-refractivity contribution >= 4 is 5.69 Å². The number of hydrogen-bond acceptors (Lipinski definition) is 1. The molecule has 2 N–H and O–H groups in total. The molecule has 1 rings (SSSR count). The van der Waals surface area contributed by atoms with E-state index in [1.807, 2.05) is 12.1 Å². The van der Waals surface area contributed by atoms with Crippen molar-refractivity contribution in [2.75, 3.05) is 5.73 Å². The predicted molar refractivity (Wildman–Crippen MR) is 81.7 cm³/mol. The maximum atomic E-state index is 5.81. The molecule has 1 unspecified atom stereocenters. The maximum Gasteiger partial charge on any atom is 0.0314 e. The van der Waals surface area contributed by atoms with Crippen LogP contribution in [0.25, 0.3) is 0 Å². The van der Waals surface area contributed by atoms with Crippen molar-refractivity contribution in [3.63, 3.8) is 0 Å². The van der Waals surface area contributed by atoms with Gasteiger partial charge in [-0.2, -0.15) is 0 Å². The average Bonchev–Trinajstić information content (AvgIpc) is 2.28. The van der Waals surface area contributed by atoms with Crippen LogP contribution in [-0.4, -0.2) is 0 Å². The molecule has 0 saturated carbocycles. The third-order valence-corrected chi connectivity index (χ3v) is 4.74. The van der Waals surface area contributed by atoms with Crippen molar-refractivity contribution in [2.45, 2.75) is 59.8 Å². The minimum atomic E-state index is 0.198. The van der Waals surface area contributed by atoms with Gasteiger partial charge in [0.05, 0.1) is 0 Å². The van der Waals surface area contributed by atoms with Gasteiger partial charge in [0.2, 0.25) is 0 Å². The Labute approximate surface area is 113 Å². The molecule has 0 radical (unpaired) electrons. The van der Waals surface area contributed by atoms with E-state index in [4.69, 9.17) is 5.73 Å². The third-order valence-electron chi connectivity index (χ3n) is 4.74. The van der Waals surface area contributed by atoms with Crippen molar-refractivity contribution < 1.29 is 0 Å². The first kappa shape index (κ1) is 15.1. The van der Waals surface area contributed by atoms with E-state index >= 15 is 0 Å².